The van der Waals surface area contributed by atoms with Gasteiger partial charge in [-0.25, -0.2) is 0 Å². The third-order valence-electron chi connectivity index (χ3n) is 6.64. The van der Waals surface area contributed by atoms with Crippen LogP contribution in [0.1, 0.15) is 58.6 Å². The molecule has 2 unspecified atom stereocenters. The Bertz CT molecular complexity index is 1300. The predicted octanol–water partition coefficient (Wildman–Crippen LogP) is 6.53. The maximum atomic E-state index is 11.4. The van der Waals surface area contributed by atoms with E-state index < -0.39 is 11.7 Å². The van der Waals surface area contributed by atoms with Crippen molar-refractivity contribution in [1.29, 1.82) is 0 Å². The molecule has 2 heterocycles. The number of furan rings is 1. The summed E-state index contributed by atoms with van der Waals surface area (Å²) in [5, 5.41) is 43.1. The fourth-order valence-corrected chi connectivity index (χ4v) is 4.61. The van der Waals surface area contributed by atoms with Crippen molar-refractivity contribution < 1.29 is 29.6 Å². The minimum absolute atomic E-state index is 0.0523. The number of ether oxygens (including phenoxy) is 1. The molecule has 0 saturated heterocycles. The molecule has 0 bridgehead atoms. The maximum Gasteiger partial charge on any atom is 0.169 e. The zero-order valence-electron chi connectivity index (χ0n) is 21.0. The number of hydrogen-bond donors (Lipinski definition) is 4. The van der Waals surface area contributed by atoms with E-state index in [2.05, 4.69) is 6.08 Å². The first-order valence-electron chi connectivity index (χ1n) is 12.0. The Balaban J connectivity index is 1.88. The first-order chi connectivity index (χ1) is 16.5. The predicted molar refractivity (Wildman–Crippen MR) is 137 cm³/mol. The fraction of sp³-hybridized carbons (Fsp3) is 0.379. The number of fused-ring (bicyclic) bond motifs is 3. The van der Waals surface area contributed by atoms with E-state index in [1.165, 1.54) is 23.8 Å². The number of aromatic hydroxyl groups is 3. The summed E-state index contributed by atoms with van der Waals surface area (Å²) in [6.07, 6.45) is 5.46. The van der Waals surface area contributed by atoms with Crippen molar-refractivity contribution in [2.24, 2.45) is 0 Å². The van der Waals surface area contributed by atoms with Gasteiger partial charge in [0.05, 0.1) is 6.10 Å². The largest absolute Gasteiger partial charge is 0.508 e. The highest BCUT2D eigenvalue weighted by Crippen LogP contribution is 2.49. The van der Waals surface area contributed by atoms with Gasteiger partial charge in [-0.2, -0.15) is 0 Å². The van der Waals surface area contributed by atoms with Crippen LogP contribution >= 0.6 is 0 Å². The number of hydrogen-bond acceptors (Lipinski definition) is 6. The Labute approximate surface area is 205 Å². The molecular formula is C29H34O6. The Morgan fingerprint density at radius 2 is 1.66 bits per heavy atom. The molecule has 6 heteroatoms. The van der Waals surface area contributed by atoms with Gasteiger partial charge in [0.2, 0.25) is 0 Å². The molecule has 0 amide bonds. The number of aliphatic hydroxyl groups excluding tert-OH is 1. The van der Waals surface area contributed by atoms with Gasteiger partial charge in [0.25, 0.3) is 0 Å². The molecule has 35 heavy (non-hydrogen) atoms. The second-order valence-electron chi connectivity index (χ2n) is 10.2. The zero-order valence-corrected chi connectivity index (χ0v) is 21.0. The quantitative estimate of drug-likeness (QED) is 0.301. The lowest BCUT2D eigenvalue weighted by Crippen LogP contribution is -2.49. The van der Waals surface area contributed by atoms with E-state index in [1.807, 2.05) is 40.7 Å². The van der Waals surface area contributed by atoms with Crippen molar-refractivity contribution in [2.75, 3.05) is 0 Å². The van der Waals surface area contributed by atoms with Gasteiger partial charge in [0.15, 0.2) is 11.5 Å². The Morgan fingerprint density at radius 3 is 2.29 bits per heavy atom. The van der Waals surface area contributed by atoms with E-state index in [0.29, 0.717) is 52.0 Å². The van der Waals surface area contributed by atoms with Gasteiger partial charge in [-0.05, 0) is 72.1 Å². The molecule has 2 atom stereocenters. The Hall–Kier alpha value is -3.38. The SMILES string of the molecule is CC(C)=CCCC1(C)Oc2c(O)c(CC=C(C)C)c3cc(-c4cc(O)cc(O)c4)oc3c2CC1O. The minimum Gasteiger partial charge on any atom is -0.508 e. The molecular weight excluding hydrogens is 444 g/mol. The third-order valence-corrected chi connectivity index (χ3v) is 6.64. The lowest BCUT2D eigenvalue weighted by atomic mass is 9.84. The molecule has 0 saturated carbocycles. The van der Waals surface area contributed by atoms with E-state index in [4.69, 9.17) is 9.15 Å². The molecule has 0 spiro atoms. The molecule has 4 N–H and O–H groups in total. The molecule has 1 aliphatic heterocycles. The van der Waals surface area contributed by atoms with E-state index in [-0.39, 0.29) is 23.7 Å². The molecule has 1 aliphatic rings. The third kappa shape index (κ3) is 4.89. The van der Waals surface area contributed by atoms with Crippen LogP contribution in [0.5, 0.6) is 23.0 Å². The van der Waals surface area contributed by atoms with Crippen LogP contribution in [-0.4, -0.2) is 32.1 Å². The topological polar surface area (TPSA) is 103 Å². The van der Waals surface area contributed by atoms with Crippen LogP contribution in [0.2, 0.25) is 0 Å². The van der Waals surface area contributed by atoms with Gasteiger partial charge in [0, 0.05) is 34.6 Å². The summed E-state index contributed by atoms with van der Waals surface area (Å²) in [5.74, 6) is 0.668. The summed E-state index contributed by atoms with van der Waals surface area (Å²) in [4.78, 5) is 0. The first kappa shape index (κ1) is 24.7. The fourth-order valence-electron chi connectivity index (χ4n) is 4.61. The van der Waals surface area contributed by atoms with Crippen LogP contribution in [0.15, 0.2) is 52.0 Å². The van der Waals surface area contributed by atoms with Gasteiger partial charge in [0.1, 0.15) is 28.4 Å². The van der Waals surface area contributed by atoms with Crippen molar-refractivity contribution in [2.45, 2.75) is 72.0 Å². The molecule has 3 aromatic rings. The van der Waals surface area contributed by atoms with E-state index in [9.17, 15) is 20.4 Å². The monoisotopic (exact) mass is 478 g/mol. The molecule has 0 fully saturated rings. The normalized spacial score (nSPS) is 19.2. The molecule has 0 aliphatic carbocycles. The number of phenols is 3. The summed E-state index contributed by atoms with van der Waals surface area (Å²) in [7, 11) is 0. The van der Waals surface area contributed by atoms with Crippen LogP contribution in [0, 0.1) is 0 Å². The standard InChI is InChI=1S/C29H34O6/c1-16(2)7-6-10-29(5)25(32)15-23-27-22(21(9-8-17(3)4)26(33)28(23)35-29)14-24(34-27)18-11-19(30)13-20(31)12-18/h7-8,11-14,25,30-33H,6,9-10,15H2,1-5H3. The second kappa shape index (κ2) is 9.34. The van der Waals surface area contributed by atoms with Crippen LogP contribution in [0.3, 0.4) is 0 Å². The molecule has 186 valence electrons. The van der Waals surface area contributed by atoms with Crippen molar-refractivity contribution in [3.05, 3.63) is 58.7 Å². The summed E-state index contributed by atoms with van der Waals surface area (Å²) < 4.78 is 12.6. The number of rotatable bonds is 6. The molecule has 4 rings (SSSR count). The number of allylic oxidation sites excluding steroid dienone is 4. The highest BCUT2D eigenvalue weighted by Gasteiger charge is 2.42. The second-order valence-corrected chi connectivity index (χ2v) is 10.2. The summed E-state index contributed by atoms with van der Waals surface area (Å²) >= 11 is 0. The van der Waals surface area contributed by atoms with Gasteiger partial charge in [-0.3, -0.25) is 0 Å². The van der Waals surface area contributed by atoms with Gasteiger partial charge >= 0.3 is 0 Å². The Kier molecular flexibility index (Phi) is 6.60. The first-order valence-corrected chi connectivity index (χ1v) is 12.0. The smallest absolute Gasteiger partial charge is 0.169 e. The van der Waals surface area contributed by atoms with Crippen molar-refractivity contribution in [3.8, 4) is 34.3 Å². The summed E-state index contributed by atoms with van der Waals surface area (Å²) in [5.41, 5.74) is 3.77. The van der Waals surface area contributed by atoms with Crippen LogP contribution < -0.4 is 4.74 Å². The number of benzene rings is 2. The van der Waals surface area contributed by atoms with Gasteiger partial charge in [-0.15, -0.1) is 0 Å². The molecule has 0 radical (unpaired) electrons. The van der Waals surface area contributed by atoms with E-state index in [1.54, 1.807) is 6.07 Å². The van der Waals surface area contributed by atoms with Crippen LogP contribution in [0.25, 0.3) is 22.3 Å². The van der Waals surface area contributed by atoms with Gasteiger partial charge < -0.3 is 29.6 Å². The van der Waals surface area contributed by atoms with E-state index >= 15 is 0 Å². The summed E-state index contributed by atoms with van der Waals surface area (Å²) in [6.45, 7) is 9.94. The molecule has 1 aromatic heterocycles. The average molecular weight is 479 g/mol. The highest BCUT2D eigenvalue weighted by atomic mass is 16.5. The van der Waals surface area contributed by atoms with Crippen LogP contribution in [0.4, 0.5) is 0 Å². The lowest BCUT2D eigenvalue weighted by Gasteiger charge is -2.40. The summed E-state index contributed by atoms with van der Waals surface area (Å²) in [6, 6.07) is 6.06. The minimum atomic E-state index is -0.857. The number of phenolic OH excluding ortho intramolecular Hbond substituents is 3. The molecule has 6 nitrogen and oxygen atoms in total. The maximum absolute atomic E-state index is 11.4. The van der Waals surface area contributed by atoms with Gasteiger partial charge in [-0.1, -0.05) is 23.3 Å². The van der Waals surface area contributed by atoms with Crippen molar-refractivity contribution in [1.82, 2.24) is 0 Å². The van der Waals surface area contributed by atoms with E-state index in [0.717, 1.165) is 12.0 Å². The Morgan fingerprint density at radius 1 is 1.00 bits per heavy atom. The van der Waals surface area contributed by atoms with Crippen molar-refractivity contribution >= 4 is 11.0 Å². The van der Waals surface area contributed by atoms with Crippen molar-refractivity contribution in [3.63, 3.8) is 0 Å². The highest BCUT2D eigenvalue weighted by molar-refractivity contribution is 5.93. The lowest BCUT2D eigenvalue weighted by molar-refractivity contribution is -0.0598. The molecule has 2 aromatic carbocycles. The average Bonchev–Trinajstić information content (AvgIpc) is 3.19. The van der Waals surface area contributed by atoms with Crippen LogP contribution in [-0.2, 0) is 12.8 Å². The zero-order chi connectivity index (χ0) is 25.5. The number of aliphatic hydroxyl groups is 1.